The van der Waals surface area contributed by atoms with Gasteiger partial charge in [0.1, 0.15) is 9.92 Å². The van der Waals surface area contributed by atoms with Gasteiger partial charge in [-0.1, -0.05) is 6.92 Å². The Bertz CT molecular complexity index is 1000. The highest BCUT2D eigenvalue weighted by Gasteiger charge is 2.43. The maximum absolute atomic E-state index is 12.5. The molecule has 1 atom stereocenters. The van der Waals surface area contributed by atoms with Crippen LogP contribution in [0.15, 0.2) is 24.4 Å². The van der Waals surface area contributed by atoms with Crippen LogP contribution in [0.4, 0.5) is 5.69 Å². The van der Waals surface area contributed by atoms with Gasteiger partial charge in [0.15, 0.2) is 11.5 Å². The number of nitrogens with one attached hydrogen (secondary N) is 1. The number of hydrogen-bond acceptors (Lipinski definition) is 6. The Hall–Kier alpha value is -2.06. The van der Waals surface area contributed by atoms with Crippen LogP contribution >= 0.6 is 0 Å². The summed E-state index contributed by atoms with van der Waals surface area (Å²) >= 11 is 0. The molecular formula is C21H30N4O3S. The summed E-state index contributed by atoms with van der Waals surface area (Å²) in [6, 6.07) is 6.00. The van der Waals surface area contributed by atoms with Gasteiger partial charge in [-0.2, -0.15) is 0 Å². The zero-order valence-corrected chi connectivity index (χ0v) is 18.3. The maximum Gasteiger partial charge on any atom is 0.162 e. The molecule has 0 amide bonds. The Balaban J connectivity index is 1.56. The molecule has 2 aromatic rings. The molecule has 158 valence electrons. The maximum atomic E-state index is 12.5. The molecule has 3 heterocycles. The quantitative estimate of drug-likeness (QED) is 0.804. The highest BCUT2D eigenvalue weighted by Crippen LogP contribution is 2.43. The van der Waals surface area contributed by atoms with E-state index < -0.39 is 9.92 Å². The van der Waals surface area contributed by atoms with Crippen LogP contribution in [0.2, 0.25) is 0 Å². The normalized spacial score (nSPS) is 21.4. The second-order valence-electron chi connectivity index (χ2n) is 8.08. The minimum absolute atomic E-state index is 0.194. The molecule has 2 fully saturated rings. The first-order chi connectivity index (χ1) is 13.9. The summed E-state index contributed by atoms with van der Waals surface area (Å²) in [5.74, 6) is 1.80. The van der Waals surface area contributed by atoms with Gasteiger partial charge >= 0.3 is 0 Å². The zero-order valence-electron chi connectivity index (χ0n) is 17.4. The predicted octanol–water partition coefficient (Wildman–Crippen LogP) is 3.53. The van der Waals surface area contributed by atoms with Crippen LogP contribution < -0.4 is 14.4 Å². The number of fused-ring (bicyclic) bond motifs is 1. The van der Waals surface area contributed by atoms with Crippen molar-refractivity contribution in [2.75, 3.05) is 51.1 Å². The highest BCUT2D eigenvalue weighted by molar-refractivity contribution is 7.90. The van der Waals surface area contributed by atoms with Crippen LogP contribution in [0, 0.1) is 10.2 Å². The van der Waals surface area contributed by atoms with Crippen LogP contribution in [-0.2, 0) is 9.92 Å². The van der Waals surface area contributed by atoms with Crippen molar-refractivity contribution in [1.82, 2.24) is 9.29 Å². The van der Waals surface area contributed by atoms with Crippen molar-refractivity contribution >= 4 is 26.5 Å². The van der Waals surface area contributed by atoms with Crippen molar-refractivity contribution < 1.29 is 13.7 Å². The van der Waals surface area contributed by atoms with E-state index in [0.29, 0.717) is 17.3 Å². The minimum atomic E-state index is -2.60. The molecule has 0 saturated carbocycles. The second-order valence-corrected chi connectivity index (χ2v) is 10.5. The Morgan fingerprint density at radius 1 is 1.14 bits per heavy atom. The van der Waals surface area contributed by atoms with E-state index in [-0.39, 0.29) is 5.41 Å². The summed E-state index contributed by atoms with van der Waals surface area (Å²) in [4.78, 5) is 6.93. The molecule has 8 heteroatoms. The Labute approximate surface area is 173 Å². The largest absolute Gasteiger partial charge is 0.493 e. The van der Waals surface area contributed by atoms with E-state index in [1.54, 1.807) is 14.2 Å². The van der Waals surface area contributed by atoms with Crippen LogP contribution in [0.3, 0.4) is 0 Å². The number of methoxy groups -OCH3 is 2. The lowest BCUT2D eigenvalue weighted by molar-refractivity contribution is 0.236. The third kappa shape index (κ3) is 3.64. The molecule has 1 aromatic carbocycles. The topological polar surface area (TPSA) is 78.8 Å². The van der Waals surface area contributed by atoms with Gasteiger partial charge in [-0.15, -0.1) is 0 Å². The predicted molar refractivity (Wildman–Crippen MR) is 116 cm³/mol. The number of nitrogens with zero attached hydrogens (tertiary/aromatic N) is 3. The minimum Gasteiger partial charge on any atom is -0.493 e. The third-order valence-corrected chi connectivity index (χ3v) is 8.53. The van der Waals surface area contributed by atoms with E-state index >= 15 is 0 Å². The molecule has 29 heavy (non-hydrogen) atoms. The average Bonchev–Trinajstić information content (AvgIpc) is 3.17. The van der Waals surface area contributed by atoms with Gasteiger partial charge in [-0.25, -0.2) is 13.3 Å². The molecule has 1 aromatic heterocycles. The number of piperidine rings is 1. The van der Waals surface area contributed by atoms with E-state index in [9.17, 15) is 4.21 Å². The molecule has 0 radical (unpaired) electrons. The van der Waals surface area contributed by atoms with Crippen molar-refractivity contribution in [3.05, 3.63) is 24.4 Å². The van der Waals surface area contributed by atoms with Gasteiger partial charge in [0.2, 0.25) is 0 Å². The molecule has 0 aliphatic carbocycles. The van der Waals surface area contributed by atoms with E-state index in [1.807, 2.05) is 29.6 Å². The first kappa shape index (κ1) is 20.2. The Morgan fingerprint density at radius 3 is 2.45 bits per heavy atom. The first-order valence-electron chi connectivity index (χ1n) is 10.2. The van der Waals surface area contributed by atoms with E-state index in [1.165, 1.54) is 5.69 Å². The third-order valence-electron chi connectivity index (χ3n) is 6.60. The number of aromatic nitrogens is 1. The lowest BCUT2D eigenvalue weighted by Crippen LogP contribution is -2.42. The zero-order chi connectivity index (χ0) is 20.6. The molecule has 0 bridgehead atoms. The summed E-state index contributed by atoms with van der Waals surface area (Å²) < 4.78 is 33.4. The van der Waals surface area contributed by atoms with Crippen molar-refractivity contribution in [3.8, 4) is 11.5 Å². The number of benzene rings is 1. The summed E-state index contributed by atoms with van der Waals surface area (Å²) in [7, 11) is 0.688. The lowest BCUT2D eigenvalue weighted by Gasteiger charge is -2.40. The lowest BCUT2D eigenvalue weighted by atomic mass is 9.77. The highest BCUT2D eigenvalue weighted by atomic mass is 32.2. The molecule has 1 N–H and O–H groups in total. The molecular weight excluding hydrogens is 388 g/mol. The van der Waals surface area contributed by atoms with Gasteiger partial charge in [0.25, 0.3) is 0 Å². The van der Waals surface area contributed by atoms with Crippen molar-refractivity contribution in [1.29, 1.82) is 4.78 Å². The van der Waals surface area contributed by atoms with E-state index in [0.717, 1.165) is 56.3 Å². The molecule has 1 spiro atoms. The Morgan fingerprint density at radius 2 is 1.79 bits per heavy atom. The molecule has 2 aliphatic rings. The first-order valence-corrected chi connectivity index (χ1v) is 11.9. The number of anilines is 1. The fourth-order valence-corrected chi connectivity index (χ4v) is 5.93. The molecule has 2 aliphatic heterocycles. The average molecular weight is 419 g/mol. The van der Waals surface area contributed by atoms with E-state index in [2.05, 4.69) is 16.0 Å². The SMILES string of the molecule is CCS(=N)(=O)N1CCC2(CCN(c3ccnc4cc(OC)c(OC)cc34)CC2)C1. The summed E-state index contributed by atoms with van der Waals surface area (Å²) in [5.41, 5.74) is 2.25. The number of hydrogen-bond donors (Lipinski definition) is 1. The Kier molecular flexibility index (Phi) is 5.33. The van der Waals surface area contributed by atoms with Crippen molar-refractivity contribution in [3.63, 3.8) is 0 Å². The number of ether oxygens (including phenoxy) is 2. The van der Waals surface area contributed by atoms with Gasteiger partial charge in [-0.3, -0.25) is 4.98 Å². The summed E-state index contributed by atoms with van der Waals surface area (Å²) in [6.45, 7) is 5.32. The second kappa shape index (κ2) is 7.65. The van der Waals surface area contributed by atoms with Gasteiger partial charge in [0, 0.05) is 55.3 Å². The summed E-state index contributed by atoms with van der Waals surface area (Å²) in [5, 5.41) is 1.06. The monoisotopic (exact) mass is 418 g/mol. The van der Waals surface area contributed by atoms with E-state index in [4.69, 9.17) is 14.3 Å². The van der Waals surface area contributed by atoms with Crippen molar-refractivity contribution in [2.24, 2.45) is 5.41 Å². The number of pyridine rings is 1. The van der Waals surface area contributed by atoms with Crippen LogP contribution in [0.5, 0.6) is 11.5 Å². The smallest absolute Gasteiger partial charge is 0.162 e. The number of rotatable bonds is 5. The molecule has 4 rings (SSSR count). The standard InChI is InChI=1S/C21H30N4O3S/c1-4-29(22,26)25-12-8-21(15-25)6-10-24(11-7-21)18-5-9-23-17-14-20(28-3)19(27-2)13-16(17)18/h5,9,13-14,22H,4,6-8,10-12,15H2,1-3H3. The molecule has 1 unspecified atom stereocenters. The van der Waals surface area contributed by atoms with Gasteiger partial charge < -0.3 is 14.4 Å². The summed E-state index contributed by atoms with van der Waals surface area (Å²) in [6.07, 6.45) is 5.00. The van der Waals surface area contributed by atoms with Gasteiger partial charge in [0.05, 0.1) is 19.7 Å². The van der Waals surface area contributed by atoms with Crippen LogP contribution in [0.25, 0.3) is 10.9 Å². The fraction of sp³-hybridized carbons (Fsp3) is 0.571. The van der Waals surface area contributed by atoms with Crippen molar-refractivity contribution in [2.45, 2.75) is 26.2 Å². The van der Waals surface area contributed by atoms with Crippen LogP contribution in [0.1, 0.15) is 26.2 Å². The molecule has 2 saturated heterocycles. The van der Waals surface area contributed by atoms with Gasteiger partial charge in [-0.05, 0) is 36.8 Å². The molecule has 7 nitrogen and oxygen atoms in total. The fourth-order valence-electron chi connectivity index (χ4n) is 4.69. The van der Waals surface area contributed by atoms with Crippen LogP contribution in [-0.4, -0.2) is 59.6 Å².